The molecule has 0 aromatic carbocycles. The number of nitrogens with one attached hydrogen (secondary N) is 1. The average Bonchev–Trinajstić information content (AvgIpc) is 2.06. The molecule has 1 heterocycles. The van der Waals surface area contributed by atoms with Gasteiger partial charge in [0.1, 0.15) is 0 Å². The predicted octanol–water partition coefficient (Wildman–Crippen LogP) is 0.757. The third-order valence-electron chi connectivity index (χ3n) is 3.24. The second-order valence-corrected chi connectivity index (χ2v) is 3.91. The Morgan fingerprint density at radius 3 is 2.91 bits per heavy atom. The SMILES string of the molecule is O[C@@H]1CCC[C@H]2CNCC[C@@H]21. The van der Waals surface area contributed by atoms with Gasteiger partial charge in [-0.25, -0.2) is 0 Å². The molecule has 0 bridgehead atoms. The van der Waals surface area contributed by atoms with Crippen LogP contribution in [0.25, 0.3) is 0 Å². The van der Waals surface area contributed by atoms with Crippen molar-refractivity contribution in [1.29, 1.82) is 0 Å². The minimum atomic E-state index is 0.0100. The summed E-state index contributed by atoms with van der Waals surface area (Å²) in [7, 11) is 0. The molecule has 2 fully saturated rings. The zero-order chi connectivity index (χ0) is 7.68. The number of fused-ring (bicyclic) bond motifs is 1. The Kier molecular flexibility index (Phi) is 2.14. The molecule has 3 atom stereocenters. The quantitative estimate of drug-likeness (QED) is 0.541. The molecule has 1 saturated heterocycles. The Hall–Kier alpha value is -0.0800. The number of rotatable bonds is 0. The van der Waals surface area contributed by atoms with E-state index in [2.05, 4.69) is 5.32 Å². The second-order valence-electron chi connectivity index (χ2n) is 3.91. The van der Waals surface area contributed by atoms with Gasteiger partial charge in [0.25, 0.3) is 0 Å². The third-order valence-corrected chi connectivity index (χ3v) is 3.24. The molecule has 0 aromatic rings. The number of aliphatic hydroxyl groups excluding tert-OH is 1. The zero-order valence-electron chi connectivity index (χ0n) is 6.92. The van der Waals surface area contributed by atoms with Crippen LogP contribution in [0.3, 0.4) is 0 Å². The van der Waals surface area contributed by atoms with E-state index in [1.165, 1.54) is 19.3 Å². The monoisotopic (exact) mass is 155 g/mol. The maximum atomic E-state index is 9.68. The lowest BCUT2D eigenvalue weighted by molar-refractivity contribution is 0.0167. The molecule has 0 spiro atoms. The molecule has 1 aliphatic heterocycles. The average molecular weight is 155 g/mol. The summed E-state index contributed by atoms with van der Waals surface area (Å²) in [4.78, 5) is 0. The first kappa shape index (κ1) is 7.56. The molecule has 11 heavy (non-hydrogen) atoms. The van der Waals surface area contributed by atoms with Crippen LogP contribution in [0.4, 0.5) is 0 Å². The summed E-state index contributed by atoms with van der Waals surface area (Å²) in [5, 5.41) is 13.1. The Morgan fingerprint density at radius 1 is 1.18 bits per heavy atom. The van der Waals surface area contributed by atoms with Crippen molar-refractivity contribution < 1.29 is 5.11 Å². The first-order chi connectivity index (χ1) is 5.38. The van der Waals surface area contributed by atoms with Crippen LogP contribution in [0.1, 0.15) is 25.7 Å². The molecule has 0 aromatic heterocycles. The number of hydrogen-bond donors (Lipinski definition) is 2. The van der Waals surface area contributed by atoms with Gasteiger partial charge in [-0.05, 0) is 44.2 Å². The van der Waals surface area contributed by atoms with Gasteiger partial charge in [0, 0.05) is 0 Å². The van der Waals surface area contributed by atoms with Crippen LogP contribution >= 0.6 is 0 Å². The summed E-state index contributed by atoms with van der Waals surface area (Å²) in [5.74, 6) is 1.39. The Balaban J connectivity index is 1.99. The summed E-state index contributed by atoms with van der Waals surface area (Å²) in [6.45, 7) is 2.25. The number of hydrogen-bond acceptors (Lipinski definition) is 2. The molecular formula is C9H17NO. The zero-order valence-corrected chi connectivity index (χ0v) is 6.92. The first-order valence-corrected chi connectivity index (χ1v) is 4.76. The van der Waals surface area contributed by atoms with E-state index in [1.54, 1.807) is 0 Å². The van der Waals surface area contributed by atoms with Gasteiger partial charge in [-0.1, -0.05) is 6.42 Å². The molecule has 2 nitrogen and oxygen atoms in total. The lowest BCUT2D eigenvalue weighted by atomic mass is 9.74. The standard InChI is InChI=1S/C9H17NO/c11-9-3-1-2-7-6-10-5-4-8(7)9/h7-11H,1-6H2/t7-,8-,9+/m0/s1. The van der Waals surface area contributed by atoms with E-state index in [0.29, 0.717) is 5.92 Å². The molecule has 0 amide bonds. The minimum Gasteiger partial charge on any atom is -0.393 e. The lowest BCUT2D eigenvalue weighted by Crippen LogP contribution is -2.44. The molecule has 2 rings (SSSR count). The maximum Gasteiger partial charge on any atom is 0.0572 e. The van der Waals surface area contributed by atoms with Gasteiger partial charge < -0.3 is 10.4 Å². The maximum absolute atomic E-state index is 9.68. The smallest absolute Gasteiger partial charge is 0.0572 e. The van der Waals surface area contributed by atoms with E-state index >= 15 is 0 Å². The van der Waals surface area contributed by atoms with Gasteiger partial charge in [-0.3, -0.25) is 0 Å². The van der Waals surface area contributed by atoms with Gasteiger partial charge in [-0.2, -0.15) is 0 Å². The van der Waals surface area contributed by atoms with Gasteiger partial charge in [0.2, 0.25) is 0 Å². The summed E-state index contributed by atoms with van der Waals surface area (Å²) in [6, 6.07) is 0. The van der Waals surface area contributed by atoms with Crippen LogP contribution in [-0.2, 0) is 0 Å². The summed E-state index contributed by atoms with van der Waals surface area (Å²) >= 11 is 0. The van der Waals surface area contributed by atoms with Crippen LogP contribution in [0.15, 0.2) is 0 Å². The van der Waals surface area contributed by atoms with E-state index in [4.69, 9.17) is 0 Å². The fraction of sp³-hybridized carbons (Fsp3) is 1.00. The van der Waals surface area contributed by atoms with Gasteiger partial charge >= 0.3 is 0 Å². The number of aliphatic hydroxyl groups is 1. The third kappa shape index (κ3) is 1.42. The molecule has 64 valence electrons. The Morgan fingerprint density at radius 2 is 2.09 bits per heavy atom. The highest BCUT2D eigenvalue weighted by atomic mass is 16.3. The molecule has 2 N–H and O–H groups in total. The summed E-state index contributed by atoms with van der Waals surface area (Å²) in [6.07, 6.45) is 4.79. The topological polar surface area (TPSA) is 32.3 Å². The molecule has 1 aliphatic carbocycles. The van der Waals surface area contributed by atoms with Gasteiger partial charge in [-0.15, -0.1) is 0 Å². The van der Waals surface area contributed by atoms with Gasteiger partial charge in [0.15, 0.2) is 0 Å². The fourth-order valence-corrected chi connectivity index (χ4v) is 2.57. The van der Waals surface area contributed by atoms with E-state index in [-0.39, 0.29) is 6.10 Å². The molecule has 0 unspecified atom stereocenters. The van der Waals surface area contributed by atoms with Crippen molar-refractivity contribution in [3.63, 3.8) is 0 Å². The van der Waals surface area contributed by atoms with Crippen LogP contribution in [0, 0.1) is 11.8 Å². The minimum absolute atomic E-state index is 0.0100. The van der Waals surface area contributed by atoms with E-state index < -0.39 is 0 Å². The Bertz CT molecular complexity index is 136. The molecule has 2 heteroatoms. The van der Waals surface area contributed by atoms with Crippen molar-refractivity contribution in [2.45, 2.75) is 31.8 Å². The molecular weight excluding hydrogens is 138 g/mol. The van der Waals surface area contributed by atoms with Crippen LogP contribution in [-0.4, -0.2) is 24.3 Å². The van der Waals surface area contributed by atoms with Crippen molar-refractivity contribution in [1.82, 2.24) is 5.32 Å². The van der Waals surface area contributed by atoms with Crippen LogP contribution < -0.4 is 5.32 Å². The second kappa shape index (κ2) is 3.11. The number of piperidine rings is 1. The van der Waals surface area contributed by atoms with Crippen LogP contribution in [0.5, 0.6) is 0 Å². The highest BCUT2D eigenvalue weighted by Gasteiger charge is 2.33. The first-order valence-electron chi connectivity index (χ1n) is 4.76. The van der Waals surface area contributed by atoms with Crippen molar-refractivity contribution >= 4 is 0 Å². The fourth-order valence-electron chi connectivity index (χ4n) is 2.57. The highest BCUT2D eigenvalue weighted by molar-refractivity contribution is 4.86. The Labute approximate surface area is 68.0 Å². The molecule has 1 saturated carbocycles. The summed E-state index contributed by atoms with van der Waals surface area (Å²) < 4.78 is 0. The van der Waals surface area contributed by atoms with Gasteiger partial charge in [0.05, 0.1) is 6.10 Å². The lowest BCUT2D eigenvalue weighted by Gasteiger charge is -2.39. The highest BCUT2D eigenvalue weighted by Crippen LogP contribution is 2.33. The van der Waals surface area contributed by atoms with Crippen molar-refractivity contribution in [2.75, 3.05) is 13.1 Å². The summed E-state index contributed by atoms with van der Waals surface area (Å²) in [5.41, 5.74) is 0. The normalized spacial score (nSPS) is 45.0. The molecule has 0 radical (unpaired) electrons. The van der Waals surface area contributed by atoms with Crippen LogP contribution in [0.2, 0.25) is 0 Å². The van der Waals surface area contributed by atoms with E-state index in [0.717, 1.165) is 25.4 Å². The van der Waals surface area contributed by atoms with Crippen molar-refractivity contribution in [3.8, 4) is 0 Å². The molecule has 2 aliphatic rings. The van der Waals surface area contributed by atoms with E-state index in [1.807, 2.05) is 0 Å². The van der Waals surface area contributed by atoms with E-state index in [9.17, 15) is 5.11 Å². The largest absolute Gasteiger partial charge is 0.393 e. The van der Waals surface area contributed by atoms with Crippen molar-refractivity contribution in [2.24, 2.45) is 11.8 Å². The van der Waals surface area contributed by atoms with Crippen molar-refractivity contribution in [3.05, 3.63) is 0 Å². The predicted molar refractivity (Wildman–Crippen MR) is 44.3 cm³/mol.